The van der Waals surface area contributed by atoms with Crippen LogP contribution in [0.4, 0.5) is 5.13 Å². The first-order valence-corrected chi connectivity index (χ1v) is 9.26. The van der Waals surface area contributed by atoms with Crippen LogP contribution >= 0.6 is 11.3 Å². The second-order valence-corrected chi connectivity index (χ2v) is 6.41. The lowest BCUT2D eigenvalue weighted by molar-refractivity contribution is 0.309. The van der Waals surface area contributed by atoms with Crippen molar-refractivity contribution in [3.63, 3.8) is 0 Å². The Kier molecular flexibility index (Phi) is 6.17. The number of benzene rings is 2. The third kappa shape index (κ3) is 5.16. The molecule has 0 aliphatic rings. The van der Waals surface area contributed by atoms with Gasteiger partial charge in [0.25, 0.3) is 0 Å². The molecule has 0 fully saturated rings. The standard InChI is InChI=1S/C20H21N3OS/c1-2-3-12-24-18-11-7-8-16(13-18)14-21-23-20-22-19(15-25-20)17-9-5-4-6-10-17/h4-11,13-15H,2-3,12H2,1H3,(H,22,23)/b21-14-. The van der Waals surface area contributed by atoms with E-state index in [0.29, 0.717) is 0 Å². The lowest BCUT2D eigenvalue weighted by Crippen LogP contribution is -1.97. The Hall–Kier alpha value is -2.66. The van der Waals surface area contributed by atoms with Crippen molar-refractivity contribution in [3.05, 3.63) is 65.5 Å². The molecule has 0 bridgehead atoms. The molecule has 1 N–H and O–H groups in total. The summed E-state index contributed by atoms with van der Waals surface area (Å²) >= 11 is 1.54. The number of hydrogen-bond donors (Lipinski definition) is 1. The fourth-order valence-corrected chi connectivity index (χ4v) is 2.92. The molecule has 0 saturated heterocycles. The number of ether oxygens (including phenoxy) is 1. The Bertz CT molecular complexity index is 815. The van der Waals surface area contributed by atoms with Crippen molar-refractivity contribution in [3.8, 4) is 17.0 Å². The Labute approximate surface area is 152 Å². The molecule has 0 radical (unpaired) electrons. The number of aromatic nitrogens is 1. The van der Waals surface area contributed by atoms with Crippen LogP contribution in [0.2, 0.25) is 0 Å². The molecule has 0 aliphatic heterocycles. The van der Waals surface area contributed by atoms with Gasteiger partial charge in [0.1, 0.15) is 5.75 Å². The van der Waals surface area contributed by atoms with E-state index >= 15 is 0 Å². The Morgan fingerprint density at radius 3 is 2.88 bits per heavy atom. The average molecular weight is 351 g/mol. The van der Waals surface area contributed by atoms with Crippen molar-refractivity contribution in [2.75, 3.05) is 12.0 Å². The quantitative estimate of drug-likeness (QED) is 0.334. The second-order valence-electron chi connectivity index (χ2n) is 5.55. The molecular weight excluding hydrogens is 330 g/mol. The van der Waals surface area contributed by atoms with E-state index in [1.807, 2.05) is 60.0 Å². The first kappa shape index (κ1) is 17.2. The van der Waals surface area contributed by atoms with Gasteiger partial charge in [0.2, 0.25) is 5.13 Å². The van der Waals surface area contributed by atoms with E-state index in [-0.39, 0.29) is 0 Å². The van der Waals surface area contributed by atoms with Gasteiger partial charge in [0.05, 0.1) is 18.5 Å². The molecule has 1 aromatic heterocycles. The van der Waals surface area contributed by atoms with Crippen LogP contribution in [-0.4, -0.2) is 17.8 Å². The third-order valence-corrected chi connectivity index (χ3v) is 4.32. The normalized spacial score (nSPS) is 10.9. The molecular formula is C20H21N3OS. The van der Waals surface area contributed by atoms with E-state index in [2.05, 4.69) is 22.4 Å². The molecule has 128 valence electrons. The molecule has 5 heteroatoms. The first-order valence-electron chi connectivity index (χ1n) is 8.38. The topological polar surface area (TPSA) is 46.5 Å². The van der Waals surface area contributed by atoms with Crippen molar-refractivity contribution in [2.45, 2.75) is 19.8 Å². The van der Waals surface area contributed by atoms with Gasteiger partial charge in [-0.2, -0.15) is 5.10 Å². The smallest absolute Gasteiger partial charge is 0.203 e. The molecule has 0 amide bonds. The SMILES string of the molecule is CCCCOc1cccc(/C=N\Nc2nc(-c3ccccc3)cs2)c1. The van der Waals surface area contributed by atoms with Crippen LogP contribution in [0.15, 0.2) is 65.1 Å². The zero-order valence-corrected chi connectivity index (χ0v) is 15.0. The number of nitrogens with one attached hydrogen (secondary N) is 1. The summed E-state index contributed by atoms with van der Waals surface area (Å²) in [6, 6.07) is 18.0. The van der Waals surface area contributed by atoms with Crippen molar-refractivity contribution >= 4 is 22.7 Å². The van der Waals surface area contributed by atoms with E-state index in [1.54, 1.807) is 6.21 Å². The lowest BCUT2D eigenvalue weighted by Gasteiger charge is -2.05. The van der Waals surface area contributed by atoms with E-state index in [9.17, 15) is 0 Å². The molecule has 4 nitrogen and oxygen atoms in total. The number of rotatable bonds is 8. The molecule has 0 saturated carbocycles. The second kappa shape index (κ2) is 8.99. The van der Waals surface area contributed by atoms with E-state index in [1.165, 1.54) is 11.3 Å². The Morgan fingerprint density at radius 2 is 2.04 bits per heavy atom. The van der Waals surface area contributed by atoms with E-state index in [4.69, 9.17) is 4.74 Å². The maximum absolute atomic E-state index is 5.71. The van der Waals surface area contributed by atoms with E-state index < -0.39 is 0 Å². The zero-order valence-electron chi connectivity index (χ0n) is 14.2. The zero-order chi connectivity index (χ0) is 17.3. The predicted octanol–water partition coefficient (Wildman–Crippen LogP) is 5.44. The van der Waals surface area contributed by atoms with Crippen LogP contribution in [0.5, 0.6) is 5.75 Å². The minimum atomic E-state index is 0.747. The highest BCUT2D eigenvalue weighted by Crippen LogP contribution is 2.24. The molecule has 3 aromatic rings. The summed E-state index contributed by atoms with van der Waals surface area (Å²) in [6.07, 6.45) is 3.97. The molecule has 3 rings (SSSR count). The molecule has 0 unspecified atom stereocenters. The summed E-state index contributed by atoms with van der Waals surface area (Å²) in [7, 11) is 0. The monoisotopic (exact) mass is 351 g/mol. The van der Waals surface area contributed by atoms with Crippen LogP contribution in [0.3, 0.4) is 0 Å². The van der Waals surface area contributed by atoms with Gasteiger partial charge in [-0.1, -0.05) is 55.8 Å². The van der Waals surface area contributed by atoms with Gasteiger partial charge >= 0.3 is 0 Å². The fourth-order valence-electron chi connectivity index (χ4n) is 2.25. The highest BCUT2D eigenvalue weighted by atomic mass is 32.1. The van der Waals surface area contributed by atoms with Gasteiger partial charge in [-0.3, -0.25) is 5.43 Å². The van der Waals surface area contributed by atoms with Crippen LogP contribution in [0, 0.1) is 0 Å². The van der Waals surface area contributed by atoms with Gasteiger partial charge < -0.3 is 4.74 Å². The van der Waals surface area contributed by atoms with Crippen molar-refractivity contribution in [1.82, 2.24) is 4.98 Å². The van der Waals surface area contributed by atoms with Crippen molar-refractivity contribution in [1.29, 1.82) is 0 Å². The first-order chi connectivity index (χ1) is 12.3. The van der Waals surface area contributed by atoms with E-state index in [0.717, 1.165) is 47.2 Å². The van der Waals surface area contributed by atoms with Crippen molar-refractivity contribution < 1.29 is 4.74 Å². The largest absolute Gasteiger partial charge is 0.494 e. The molecule has 0 spiro atoms. The summed E-state index contributed by atoms with van der Waals surface area (Å²) in [4.78, 5) is 4.55. The van der Waals surface area contributed by atoms with Crippen molar-refractivity contribution in [2.24, 2.45) is 5.10 Å². The molecule has 25 heavy (non-hydrogen) atoms. The fraction of sp³-hybridized carbons (Fsp3) is 0.200. The minimum absolute atomic E-state index is 0.747. The van der Waals surface area contributed by atoms with Crippen LogP contribution in [0.25, 0.3) is 11.3 Å². The predicted molar refractivity (Wildman–Crippen MR) is 106 cm³/mol. The van der Waals surface area contributed by atoms with Crippen LogP contribution < -0.4 is 10.2 Å². The average Bonchev–Trinajstić information content (AvgIpc) is 3.12. The number of hydrazone groups is 1. The third-order valence-electron chi connectivity index (χ3n) is 3.57. The van der Waals surface area contributed by atoms with Gasteiger partial charge in [0.15, 0.2) is 0 Å². The van der Waals surface area contributed by atoms with Gasteiger partial charge in [-0.05, 0) is 24.1 Å². The lowest BCUT2D eigenvalue weighted by atomic mass is 10.2. The highest BCUT2D eigenvalue weighted by molar-refractivity contribution is 7.14. The van der Waals surface area contributed by atoms with Gasteiger partial charge in [-0.25, -0.2) is 4.98 Å². The number of anilines is 1. The summed E-state index contributed by atoms with van der Waals surface area (Å²) in [5.41, 5.74) is 6.04. The Morgan fingerprint density at radius 1 is 1.16 bits per heavy atom. The number of unbranched alkanes of at least 4 members (excludes halogenated alkanes) is 1. The maximum Gasteiger partial charge on any atom is 0.203 e. The molecule has 2 aromatic carbocycles. The minimum Gasteiger partial charge on any atom is -0.494 e. The molecule has 1 heterocycles. The summed E-state index contributed by atoms with van der Waals surface area (Å²) < 4.78 is 5.71. The number of thiazole rings is 1. The maximum atomic E-state index is 5.71. The molecule has 0 aliphatic carbocycles. The highest BCUT2D eigenvalue weighted by Gasteiger charge is 2.02. The summed E-state index contributed by atoms with van der Waals surface area (Å²) in [6.45, 7) is 2.90. The van der Waals surface area contributed by atoms with Crippen LogP contribution in [-0.2, 0) is 0 Å². The number of nitrogens with zero attached hydrogens (tertiary/aromatic N) is 2. The Balaban J connectivity index is 1.58. The summed E-state index contributed by atoms with van der Waals surface area (Å²) in [5.74, 6) is 0.873. The van der Waals surface area contributed by atoms with Gasteiger partial charge in [-0.15, -0.1) is 11.3 Å². The van der Waals surface area contributed by atoms with Gasteiger partial charge in [0, 0.05) is 10.9 Å². The summed E-state index contributed by atoms with van der Waals surface area (Å²) in [5, 5.41) is 7.07. The van der Waals surface area contributed by atoms with Crippen LogP contribution in [0.1, 0.15) is 25.3 Å². The number of hydrogen-bond acceptors (Lipinski definition) is 5. The molecule has 0 atom stereocenters.